The third-order valence-electron chi connectivity index (χ3n) is 4.37. The van der Waals surface area contributed by atoms with E-state index in [2.05, 4.69) is 32.4 Å². The predicted molar refractivity (Wildman–Crippen MR) is 96.6 cm³/mol. The molecule has 4 rings (SSSR count). The number of hydrogen-bond donors (Lipinski definition) is 0. The molecule has 0 unspecified atom stereocenters. The smallest absolute Gasteiger partial charge is 0.254 e. The minimum absolute atomic E-state index is 0.0842. The Bertz CT molecular complexity index is 848. The van der Waals surface area contributed by atoms with E-state index in [1.807, 2.05) is 11.1 Å². The molecule has 1 aliphatic rings. The minimum atomic E-state index is 0.0842. The highest BCUT2D eigenvalue weighted by molar-refractivity contribution is 7.17. The Morgan fingerprint density at radius 1 is 1.00 bits per heavy atom. The van der Waals surface area contributed by atoms with Crippen LogP contribution in [0.2, 0.25) is 0 Å². The van der Waals surface area contributed by atoms with E-state index >= 15 is 0 Å². The second kappa shape index (κ2) is 6.57. The van der Waals surface area contributed by atoms with Crippen molar-refractivity contribution >= 4 is 33.1 Å². The summed E-state index contributed by atoms with van der Waals surface area (Å²) in [4.78, 5) is 25.4. The highest BCUT2D eigenvalue weighted by atomic mass is 32.1. The molecule has 5 nitrogen and oxygen atoms in total. The number of hydrogen-bond acceptors (Lipinski definition) is 5. The average molecular weight is 338 g/mol. The largest absolute Gasteiger partial charge is 0.354 e. The molecule has 0 spiro atoms. The zero-order valence-corrected chi connectivity index (χ0v) is 14.1. The summed E-state index contributed by atoms with van der Waals surface area (Å²) in [5, 5.41) is 3.31. The maximum Gasteiger partial charge on any atom is 0.254 e. The number of thiophene rings is 1. The molecule has 6 heteroatoms. The monoisotopic (exact) mass is 338 g/mol. The van der Waals surface area contributed by atoms with E-state index < -0.39 is 0 Å². The number of anilines is 1. The summed E-state index contributed by atoms with van der Waals surface area (Å²) in [7, 11) is 0. The molecule has 1 aliphatic heterocycles. The molecule has 0 radical (unpaired) electrons. The first-order valence-electron chi connectivity index (χ1n) is 8.09. The number of carbonyl (C=O) groups excluding carboxylic acids is 1. The van der Waals surface area contributed by atoms with Crippen molar-refractivity contribution in [2.75, 3.05) is 31.1 Å². The topological polar surface area (TPSA) is 49.3 Å². The Morgan fingerprint density at radius 2 is 1.88 bits per heavy atom. The maximum atomic E-state index is 12.6. The van der Waals surface area contributed by atoms with Crippen molar-refractivity contribution in [2.45, 2.75) is 6.42 Å². The zero-order chi connectivity index (χ0) is 16.4. The molecule has 1 fully saturated rings. The minimum Gasteiger partial charge on any atom is -0.354 e. The van der Waals surface area contributed by atoms with Crippen LogP contribution in [0.15, 0.2) is 48.2 Å². The lowest BCUT2D eigenvalue weighted by Gasteiger charge is -2.23. The van der Waals surface area contributed by atoms with Crippen LogP contribution in [0.4, 0.5) is 5.82 Å². The van der Waals surface area contributed by atoms with Crippen LogP contribution >= 0.6 is 11.3 Å². The van der Waals surface area contributed by atoms with Crippen LogP contribution in [0.3, 0.4) is 0 Å². The Hall–Kier alpha value is -2.47. The number of pyridine rings is 2. The van der Waals surface area contributed by atoms with Gasteiger partial charge in [-0.15, -0.1) is 11.3 Å². The lowest BCUT2D eigenvalue weighted by atomic mass is 10.2. The summed E-state index contributed by atoms with van der Waals surface area (Å²) >= 11 is 1.74. The van der Waals surface area contributed by atoms with Crippen LogP contribution in [-0.2, 0) is 0 Å². The number of nitrogens with zero attached hydrogens (tertiary/aromatic N) is 4. The quantitative estimate of drug-likeness (QED) is 0.721. The molecule has 4 heterocycles. The van der Waals surface area contributed by atoms with Gasteiger partial charge >= 0.3 is 0 Å². The summed E-state index contributed by atoms with van der Waals surface area (Å²) in [6, 6.07) is 7.74. The molecular formula is C18H18N4OS. The number of amides is 1. The fourth-order valence-corrected chi connectivity index (χ4v) is 3.92. The molecule has 0 aliphatic carbocycles. The van der Waals surface area contributed by atoms with Crippen molar-refractivity contribution in [3.63, 3.8) is 0 Å². The van der Waals surface area contributed by atoms with Crippen LogP contribution in [0.5, 0.6) is 0 Å². The summed E-state index contributed by atoms with van der Waals surface area (Å²) in [6.07, 6.45) is 6.15. The van der Waals surface area contributed by atoms with Gasteiger partial charge in [0.25, 0.3) is 5.91 Å². The first kappa shape index (κ1) is 15.1. The van der Waals surface area contributed by atoms with Crippen LogP contribution in [0, 0.1) is 0 Å². The van der Waals surface area contributed by atoms with Gasteiger partial charge in [-0.3, -0.25) is 9.78 Å². The Labute approximate surface area is 144 Å². The number of carbonyl (C=O) groups is 1. The Kier molecular flexibility index (Phi) is 4.13. The van der Waals surface area contributed by atoms with Gasteiger partial charge in [-0.2, -0.15) is 0 Å². The van der Waals surface area contributed by atoms with Crippen LogP contribution in [0.25, 0.3) is 10.1 Å². The molecule has 24 heavy (non-hydrogen) atoms. The van der Waals surface area contributed by atoms with Crippen molar-refractivity contribution < 1.29 is 4.79 Å². The van der Waals surface area contributed by atoms with Crippen molar-refractivity contribution in [1.29, 1.82) is 0 Å². The van der Waals surface area contributed by atoms with Gasteiger partial charge in [-0.05, 0) is 36.1 Å². The van der Waals surface area contributed by atoms with Crippen molar-refractivity contribution in [3.05, 3.63) is 53.8 Å². The first-order chi connectivity index (χ1) is 11.8. The lowest BCUT2D eigenvalue weighted by molar-refractivity contribution is 0.0767. The zero-order valence-electron chi connectivity index (χ0n) is 13.3. The van der Waals surface area contributed by atoms with Gasteiger partial charge in [0.15, 0.2) is 0 Å². The molecule has 0 aromatic carbocycles. The predicted octanol–water partition coefficient (Wildman–Crippen LogP) is 3.04. The third-order valence-corrected chi connectivity index (χ3v) is 5.25. The molecule has 3 aromatic heterocycles. The van der Waals surface area contributed by atoms with Crippen LogP contribution in [-0.4, -0.2) is 47.0 Å². The Balaban J connectivity index is 1.52. The standard InChI is InChI=1S/C18H18N4OS/c23-18(14-2-6-19-7-3-14)22-10-1-9-21(11-12-22)17-15-5-13-24-16(15)4-8-20-17/h2-8,13H,1,9-12H2. The van der Waals surface area contributed by atoms with E-state index in [1.54, 1.807) is 35.9 Å². The van der Waals surface area contributed by atoms with Gasteiger partial charge in [-0.25, -0.2) is 4.98 Å². The molecule has 1 amide bonds. The van der Waals surface area contributed by atoms with E-state index in [-0.39, 0.29) is 5.91 Å². The van der Waals surface area contributed by atoms with E-state index in [1.165, 1.54) is 10.1 Å². The Morgan fingerprint density at radius 3 is 2.75 bits per heavy atom. The summed E-state index contributed by atoms with van der Waals surface area (Å²) in [5.74, 6) is 1.12. The maximum absolute atomic E-state index is 12.6. The highest BCUT2D eigenvalue weighted by Crippen LogP contribution is 2.29. The number of rotatable bonds is 2. The second-order valence-electron chi connectivity index (χ2n) is 5.84. The van der Waals surface area contributed by atoms with Gasteiger partial charge in [0.05, 0.1) is 0 Å². The fraction of sp³-hybridized carbons (Fsp3) is 0.278. The van der Waals surface area contributed by atoms with Crippen LogP contribution < -0.4 is 4.90 Å². The van der Waals surface area contributed by atoms with Gasteiger partial charge in [0.2, 0.25) is 0 Å². The van der Waals surface area contributed by atoms with Crippen molar-refractivity contribution in [2.24, 2.45) is 0 Å². The molecule has 1 saturated heterocycles. The number of aromatic nitrogens is 2. The summed E-state index contributed by atoms with van der Waals surface area (Å²) < 4.78 is 1.26. The van der Waals surface area contributed by atoms with Crippen molar-refractivity contribution in [1.82, 2.24) is 14.9 Å². The van der Waals surface area contributed by atoms with Gasteiger partial charge in [0, 0.05) is 60.4 Å². The second-order valence-corrected chi connectivity index (χ2v) is 6.78. The molecule has 0 saturated carbocycles. The molecule has 122 valence electrons. The molecule has 3 aromatic rings. The highest BCUT2D eigenvalue weighted by Gasteiger charge is 2.21. The first-order valence-corrected chi connectivity index (χ1v) is 8.97. The van der Waals surface area contributed by atoms with Gasteiger partial charge in [0.1, 0.15) is 5.82 Å². The van der Waals surface area contributed by atoms with Gasteiger partial charge in [-0.1, -0.05) is 0 Å². The van der Waals surface area contributed by atoms with Crippen LogP contribution in [0.1, 0.15) is 16.8 Å². The van der Waals surface area contributed by atoms with E-state index in [4.69, 9.17) is 0 Å². The van der Waals surface area contributed by atoms with Crippen molar-refractivity contribution in [3.8, 4) is 0 Å². The average Bonchev–Trinajstić information content (AvgIpc) is 2.99. The summed E-state index contributed by atoms with van der Waals surface area (Å²) in [6.45, 7) is 3.21. The third kappa shape index (κ3) is 2.85. The molecular weight excluding hydrogens is 320 g/mol. The fourth-order valence-electron chi connectivity index (χ4n) is 3.14. The summed E-state index contributed by atoms with van der Waals surface area (Å²) in [5.41, 5.74) is 0.705. The molecule has 0 N–H and O–H groups in total. The van der Waals surface area contributed by atoms with E-state index in [0.29, 0.717) is 12.1 Å². The SMILES string of the molecule is O=C(c1ccncc1)N1CCCN(c2nccc3sccc23)CC1. The van der Waals surface area contributed by atoms with Gasteiger partial charge < -0.3 is 9.80 Å². The molecule has 0 atom stereocenters. The van der Waals surface area contributed by atoms with E-state index in [0.717, 1.165) is 31.9 Å². The lowest BCUT2D eigenvalue weighted by Crippen LogP contribution is -2.35. The van der Waals surface area contributed by atoms with E-state index in [9.17, 15) is 4.79 Å². The number of fused-ring (bicyclic) bond motifs is 1. The normalized spacial score (nSPS) is 15.5. The molecule has 0 bridgehead atoms.